The van der Waals surface area contributed by atoms with Crippen LogP contribution in [0.15, 0.2) is 18.2 Å². The van der Waals surface area contributed by atoms with Gasteiger partial charge in [-0.25, -0.2) is 0 Å². The first-order chi connectivity index (χ1) is 12.0. The zero-order chi connectivity index (χ0) is 17.4. The molecule has 3 aliphatic heterocycles. The molecule has 3 aliphatic rings. The minimum atomic E-state index is 0.130. The van der Waals surface area contributed by atoms with Crippen LogP contribution in [0.2, 0.25) is 0 Å². The molecule has 0 spiro atoms. The van der Waals surface area contributed by atoms with E-state index in [2.05, 4.69) is 35.9 Å². The maximum atomic E-state index is 12.5. The van der Waals surface area contributed by atoms with Gasteiger partial charge in [0.2, 0.25) is 12.7 Å². The van der Waals surface area contributed by atoms with Gasteiger partial charge in [0.15, 0.2) is 11.5 Å². The Hall–Kier alpha value is -1.75. The normalized spacial score (nSPS) is 27.8. The smallest absolute Gasteiger partial charge is 0.231 e. The lowest BCUT2D eigenvalue weighted by Gasteiger charge is -2.46. The van der Waals surface area contributed by atoms with Gasteiger partial charge < -0.3 is 19.3 Å². The molecule has 0 aliphatic carbocycles. The van der Waals surface area contributed by atoms with Crippen LogP contribution in [0.5, 0.6) is 11.5 Å². The van der Waals surface area contributed by atoms with Crippen LogP contribution in [0, 0.1) is 5.41 Å². The third kappa shape index (κ3) is 3.47. The van der Waals surface area contributed by atoms with E-state index in [-0.39, 0.29) is 5.41 Å². The zero-order valence-corrected chi connectivity index (χ0v) is 15.3. The van der Waals surface area contributed by atoms with E-state index in [1.54, 1.807) is 0 Å². The first-order valence-electron chi connectivity index (χ1n) is 9.39. The largest absolute Gasteiger partial charge is 0.454 e. The van der Waals surface area contributed by atoms with E-state index >= 15 is 0 Å². The van der Waals surface area contributed by atoms with E-state index in [4.69, 9.17) is 9.47 Å². The summed E-state index contributed by atoms with van der Waals surface area (Å²) in [5, 5.41) is 0. The molecule has 5 heteroatoms. The summed E-state index contributed by atoms with van der Waals surface area (Å²) in [6, 6.07) is 6.66. The molecule has 1 amide bonds. The number of amides is 1. The number of hydrogen-bond acceptors (Lipinski definition) is 4. The van der Waals surface area contributed by atoms with Crippen LogP contribution in [0.1, 0.15) is 38.2 Å². The van der Waals surface area contributed by atoms with Gasteiger partial charge in [0.05, 0.1) is 0 Å². The van der Waals surface area contributed by atoms with E-state index in [0.717, 1.165) is 56.8 Å². The first-order valence-corrected chi connectivity index (χ1v) is 9.39. The number of benzene rings is 1. The zero-order valence-electron chi connectivity index (χ0n) is 15.3. The van der Waals surface area contributed by atoms with Crippen molar-refractivity contribution >= 4 is 5.91 Å². The van der Waals surface area contributed by atoms with Crippen LogP contribution in [0.25, 0.3) is 0 Å². The highest BCUT2D eigenvalue weighted by molar-refractivity contribution is 5.77. The Morgan fingerprint density at radius 2 is 1.96 bits per heavy atom. The SMILES string of the molecule is CN1CCC(N2C[C@@](C)(Cc3ccc4c(c3)OCO4)CCC2=O)CC1. The fourth-order valence-corrected chi connectivity index (χ4v) is 4.46. The minimum absolute atomic E-state index is 0.130. The molecule has 5 nitrogen and oxygen atoms in total. The molecular formula is C20H28N2O3. The number of likely N-dealkylation sites (tertiary alicyclic amines) is 2. The second-order valence-corrected chi connectivity index (χ2v) is 8.23. The average Bonchev–Trinajstić information content (AvgIpc) is 3.06. The van der Waals surface area contributed by atoms with Crippen molar-refractivity contribution in [2.45, 2.75) is 45.1 Å². The Kier molecular flexibility index (Phi) is 4.36. The summed E-state index contributed by atoms with van der Waals surface area (Å²) in [6.45, 7) is 5.69. The van der Waals surface area contributed by atoms with E-state index in [1.807, 2.05) is 6.07 Å². The lowest BCUT2D eigenvalue weighted by atomic mass is 9.76. The first kappa shape index (κ1) is 16.7. The second kappa shape index (κ2) is 6.52. The number of carbonyl (C=O) groups is 1. The minimum Gasteiger partial charge on any atom is -0.454 e. The van der Waals surface area contributed by atoms with Gasteiger partial charge in [0.25, 0.3) is 0 Å². The van der Waals surface area contributed by atoms with E-state index in [9.17, 15) is 4.79 Å². The summed E-state index contributed by atoms with van der Waals surface area (Å²) in [5.41, 5.74) is 1.40. The molecule has 0 saturated carbocycles. The maximum absolute atomic E-state index is 12.5. The number of piperidine rings is 2. The van der Waals surface area contributed by atoms with Crippen molar-refractivity contribution in [1.82, 2.24) is 9.80 Å². The molecule has 1 aromatic carbocycles. The van der Waals surface area contributed by atoms with E-state index in [0.29, 0.717) is 25.2 Å². The average molecular weight is 344 g/mol. The number of hydrogen-bond donors (Lipinski definition) is 0. The highest BCUT2D eigenvalue weighted by atomic mass is 16.7. The fraction of sp³-hybridized carbons (Fsp3) is 0.650. The van der Waals surface area contributed by atoms with Crippen LogP contribution in [-0.2, 0) is 11.2 Å². The molecule has 1 atom stereocenters. The predicted octanol–water partition coefficient (Wildman–Crippen LogP) is 2.68. The number of ether oxygens (including phenoxy) is 2. The molecule has 0 N–H and O–H groups in total. The van der Waals surface area contributed by atoms with Crippen molar-refractivity contribution in [3.05, 3.63) is 23.8 Å². The number of fused-ring (bicyclic) bond motifs is 1. The molecule has 2 fully saturated rings. The molecule has 0 unspecified atom stereocenters. The van der Waals surface area contributed by atoms with E-state index < -0.39 is 0 Å². The third-order valence-corrected chi connectivity index (χ3v) is 6.01. The summed E-state index contributed by atoms with van der Waals surface area (Å²) in [5.74, 6) is 2.03. The standard InChI is InChI=1S/C20H28N2O3/c1-20(12-15-3-4-17-18(11-15)25-14-24-17)8-5-19(23)22(13-20)16-6-9-21(2)10-7-16/h3-4,11,16H,5-10,12-14H2,1-2H3/t20-/m1/s1. The predicted molar refractivity (Wildman–Crippen MR) is 95.8 cm³/mol. The Labute approximate surface area is 149 Å². The molecule has 25 heavy (non-hydrogen) atoms. The van der Waals surface area contributed by atoms with Crippen molar-refractivity contribution in [1.29, 1.82) is 0 Å². The molecule has 2 saturated heterocycles. The quantitative estimate of drug-likeness (QED) is 0.845. The summed E-state index contributed by atoms with van der Waals surface area (Å²) >= 11 is 0. The van der Waals surface area contributed by atoms with Crippen molar-refractivity contribution in [2.24, 2.45) is 5.41 Å². The maximum Gasteiger partial charge on any atom is 0.231 e. The number of rotatable bonds is 3. The summed E-state index contributed by atoms with van der Waals surface area (Å²) < 4.78 is 10.9. The molecule has 1 aromatic rings. The Morgan fingerprint density at radius 1 is 1.20 bits per heavy atom. The van der Waals surface area contributed by atoms with E-state index in [1.165, 1.54) is 5.56 Å². The molecule has 0 radical (unpaired) electrons. The Morgan fingerprint density at radius 3 is 2.76 bits per heavy atom. The highest BCUT2D eigenvalue weighted by Gasteiger charge is 2.38. The van der Waals surface area contributed by atoms with Crippen molar-refractivity contribution in [2.75, 3.05) is 33.5 Å². The molecular weight excluding hydrogens is 316 g/mol. The number of nitrogens with zero attached hydrogens (tertiary/aromatic N) is 2. The fourth-order valence-electron chi connectivity index (χ4n) is 4.46. The van der Waals surface area contributed by atoms with Gasteiger partial charge in [0.1, 0.15) is 0 Å². The molecule has 3 heterocycles. The monoisotopic (exact) mass is 344 g/mol. The molecule has 136 valence electrons. The second-order valence-electron chi connectivity index (χ2n) is 8.23. The molecule has 4 rings (SSSR count). The van der Waals surface area contributed by atoms with Gasteiger partial charge in [-0.05, 0) is 68.9 Å². The summed E-state index contributed by atoms with van der Waals surface area (Å²) in [7, 11) is 2.16. The van der Waals surface area contributed by atoms with Crippen LogP contribution >= 0.6 is 0 Å². The van der Waals surface area contributed by atoms with Crippen LogP contribution in [0.4, 0.5) is 0 Å². The van der Waals surface area contributed by atoms with Crippen molar-refractivity contribution in [3.8, 4) is 11.5 Å². The molecule has 0 bridgehead atoms. The Bertz CT molecular complexity index is 654. The van der Waals surface area contributed by atoms with Gasteiger partial charge in [-0.3, -0.25) is 4.79 Å². The summed E-state index contributed by atoms with van der Waals surface area (Å²) in [6.07, 6.45) is 4.81. The summed E-state index contributed by atoms with van der Waals surface area (Å²) in [4.78, 5) is 17.1. The van der Waals surface area contributed by atoms with Crippen LogP contribution in [-0.4, -0.2) is 55.2 Å². The van der Waals surface area contributed by atoms with Gasteiger partial charge in [-0.15, -0.1) is 0 Å². The third-order valence-electron chi connectivity index (χ3n) is 6.01. The van der Waals surface area contributed by atoms with Crippen LogP contribution < -0.4 is 9.47 Å². The highest BCUT2D eigenvalue weighted by Crippen LogP contribution is 2.39. The Balaban J connectivity index is 1.46. The van der Waals surface area contributed by atoms with Gasteiger partial charge in [-0.1, -0.05) is 13.0 Å². The lowest BCUT2D eigenvalue weighted by molar-refractivity contribution is -0.141. The number of carbonyl (C=O) groups excluding carboxylic acids is 1. The topological polar surface area (TPSA) is 42.0 Å². The lowest BCUT2D eigenvalue weighted by Crippen LogP contribution is -2.53. The van der Waals surface area contributed by atoms with Crippen molar-refractivity contribution < 1.29 is 14.3 Å². The van der Waals surface area contributed by atoms with Gasteiger partial charge in [-0.2, -0.15) is 0 Å². The van der Waals surface area contributed by atoms with Gasteiger partial charge in [0, 0.05) is 19.0 Å². The van der Waals surface area contributed by atoms with Crippen molar-refractivity contribution in [3.63, 3.8) is 0 Å². The van der Waals surface area contributed by atoms with Crippen LogP contribution in [0.3, 0.4) is 0 Å². The van der Waals surface area contributed by atoms with Gasteiger partial charge >= 0.3 is 0 Å². The molecule has 0 aromatic heterocycles.